The monoisotopic (exact) mass is 1670 g/mol. The van der Waals surface area contributed by atoms with Crippen molar-refractivity contribution in [2.24, 2.45) is 17.6 Å². The highest BCUT2D eigenvalue weighted by atomic mass is 32.2. The number of aliphatic carboxylic acids is 1. The first-order valence-corrected chi connectivity index (χ1v) is 40.1. The van der Waals surface area contributed by atoms with E-state index in [-0.39, 0.29) is 151 Å². The van der Waals surface area contributed by atoms with E-state index in [4.69, 9.17) is 15.2 Å². The first-order chi connectivity index (χ1) is 55.1. The average Bonchev–Trinajstić information content (AvgIpc) is 1.62. The summed E-state index contributed by atoms with van der Waals surface area (Å²) in [5.41, 5.74) is 5.94. The lowest BCUT2D eigenvalue weighted by molar-refractivity contribution is -0.143. The summed E-state index contributed by atoms with van der Waals surface area (Å²) in [6, 6.07) is -7.73. The third-order valence-corrected chi connectivity index (χ3v) is 21.3. The van der Waals surface area contributed by atoms with E-state index in [0.717, 1.165) is 16.7 Å². The minimum atomic E-state index is -2.50. The van der Waals surface area contributed by atoms with E-state index in [1.54, 1.807) is 27.7 Å². The fraction of sp³-hybridized carbons (Fsp3) is 0.625. The number of aliphatic hydroxyl groups is 1. The number of carboxylic acid groups (broad SMARTS) is 1. The number of H-pyrrole nitrogens is 1. The molecule has 2 saturated heterocycles. The zero-order valence-electron chi connectivity index (χ0n) is 65.2. The fourth-order valence-corrected chi connectivity index (χ4v) is 14.5. The maximum atomic E-state index is 15.2. The third kappa shape index (κ3) is 29.8. The van der Waals surface area contributed by atoms with Gasteiger partial charge in [-0.1, -0.05) is 46.6 Å². The Morgan fingerprint density at radius 3 is 1.90 bits per heavy atom. The van der Waals surface area contributed by atoms with Crippen LogP contribution < -0.4 is 80.2 Å². The number of hydrogen-bond acceptors (Lipinski definition) is 24. The van der Waals surface area contributed by atoms with Gasteiger partial charge in [-0.05, 0) is 68.1 Å². The molecule has 1 aromatic heterocycles. The summed E-state index contributed by atoms with van der Waals surface area (Å²) in [5, 5.41) is 55.1. The minimum absolute atomic E-state index is 0.0194. The lowest BCUT2D eigenvalue weighted by Crippen LogP contribution is -2.61. The van der Waals surface area contributed by atoms with Crippen LogP contribution in [0, 0.1) is 11.8 Å². The van der Waals surface area contributed by atoms with Crippen molar-refractivity contribution in [2.75, 3.05) is 89.9 Å². The lowest BCUT2D eigenvalue weighted by atomic mass is 9.96. The Kier molecular flexibility index (Phi) is 37.9. The number of carboxylic acids is 1. The predicted molar refractivity (Wildman–Crippen MR) is 413 cm³/mol. The Bertz CT molecular complexity index is 4000. The van der Waals surface area contributed by atoms with Gasteiger partial charge in [-0.25, -0.2) is 4.79 Å². The highest BCUT2D eigenvalue weighted by Gasteiger charge is 2.45. The van der Waals surface area contributed by atoms with E-state index in [9.17, 15) is 101 Å². The number of benzene rings is 1. The number of aliphatic hydroxyl groups excluding tert-OH is 1. The summed E-state index contributed by atoms with van der Waals surface area (Å²) in [6.45, 7) is 4.95. The maximum absolute atomic E-state index is 15.2. The number of thiol groups is 1. The van der Waals surface area contributed by atoms with Crippen LogP contribution in [-0.2, 0) is 118 Å². The van der Waals surface area contributed by atoms with Crippen LogP contribution in [0.4, 0.5) is 5.69 Å². The van der Waals surface area contributed by atoms with Crippen LogP contribution in [0.2, 0.25) is 0 Å². The Morgan fingerprint density at radius 1 is 0.647 bits per heavy atom. The van der Waals surface area contributed by atoms with Gasteiger partial charge >= 0.3 is 5.97 Å². The summed E-state index contributed by atoms with van der Waals surface area (Å²) in [7, 11) is -2.50. The fourth-order valence-electron chi connectivity index (χ4n) is 12.8. The maximum Gasteiger partial charge on any atom is 0.326 e. The smallest absolute Gasteiger partial charge is 0.326 e. The van der Waals surface area contributed by atoms with E-state index in [0.29, 0.717) is 19.3 Å². The van der Waals surface area contributed by atoms with Crippen molar-refractivity contribution < 1.29 is 115 Å². The van der Waals surface area contributed by atoms with Gasteiger partial charge in [-0.15, -0.1) is 0 Å². The van der Waals surface area contributed by atoms with Gasteiger partial charge in [0, 0.05) is 101 Å². The van der Waals surface area contributed by atoms with E-state index in [1.165, 1.54) is 18.2 Å². The zero-order valence-corrected chi connectivity index (χ0v) is 66.9. The second kappa shape index (κ2) is 46.7. The number of aromatic nitrogens is 1. The van der Waals surface area contributed by atoms with E-state index in [2.05, 4.69) is 92.0 Å². The lowest BCUT2D eigenvalue weighted by Gasteiger charge is -2.32. The predicted octanol–water partition coefficient (Wildman–Crippen LogP) is -6.49. The van der Waals surface area contributed by atoms with Gasteiger partial charge in [-0.3, -0.25) is 95.4 Å². The quantitative estimate of drug-likeness (QED) is 0.0170. The van der Waals surface area contributed by atoms with Crippen LogP contribution in [0.15, 0.2) is 23.2 Å². The molecule has 640 valence electrons. The zero-order chi connectivity index (χ0) is 85.5. The Balaban J connectivity index is 1.14. The van der Waals surface area contributed by atoms with E-state index < -0.39 is 233 Å². The van der Waals surface area contributed by atoms with Crippen molar-refractivity contribution in [3.8, 4) is 0 Å². The number of ether oxygens (including phenoxy) is 2. The number of aromatic amines is 1. The highest BCUT2D eigenvalue weighted by molar-refractivity contribution is 7.85. The van der Waals surface area contributed by atoms with Crippen LogP contribution in [0.5, 0.6) is 0 Å². The molecule has 18 amide bonds. The highest BCUT2D eigenvalue weighted by Crippen LogP contribution is 2.31. The summed E-state index contributed by atoms with van der Waals surface area (Å²) in [5.74, 6) is -17.2. The molecule has 1 aromatic carbocycles. The molecule has 0 saturated carbocycles. The molecule has 116 heavy (non-hydrogen) atoms. The third-order valence-electron chi connectivity index (χ3n) is 19.4. The Labute approximate surface area is 675 Å². The number of fused-ring (bicyclic) bond motifs is 5. The summed E-state index contributed by atoms with van der Waals surface area (Å²) >= 11 is 4.13. The number of nitrogens with zero attached hydrogens (tertiary/aromatic N) is 2. The molecule has 0 radical (unpaired) electrons. The van der Waals surface area contributed by atoms with Crippen LogP contribution in [0.25, 0.3) is 10.9 Å². The number of nitrogens with one attached hydrogen (secondary N) is 15. The summed E-state index contributed by atoms with van der Waals surface area (Å²) in [4.78, 5) is 257. The standard InChI is InChI=1S/C72H106N18O24S2/c1-6-37(3)61-67(106)79-31-56(97)83-49-36-116(112)69-43(28-47(64(103)78-32-57(98)87-61)84-68(107)62(38(4)7-2)88-66(105)50-27-41(92)33-90(50)70(108)48(29-52(73)93)85-65(49)104)42-16-15-40(26-46(42)86-69)81-54(95)13-10-20-77-63(102)44(82-55(96)14-11-23-89-60(101)30-51(115)71(89)109)12-8-9-19-74-58(99)34-114-25-22-76-59(100)35-113-24-21-75-53(94)18-17-45(72(110)111)80-39(5)91/h15-16,26,37-38,41,44-45,47-51,61-62,86,92,115H,6-14,17-25,27-36H2,1-5H3,(H2,73,93)(H,74,99)(H,75,94)(H,76,100)(H,77,102)(H,78,103)(H,79,106)(H,80,91)(H,81,95)(H,82,96)(H,83,97)(H,84,107)(H,85,104)(H,87,98)(H,88,105)(H,110,111)/t37?,38?,41-,44+,45+,47+,48+,49+,50+,51?,61+,62+,116?/m1/s1. The molecule has 2 fully saturated rings. The van der Waals surface area contributed by atoms with Crippen LogP contribution >= 0.6 is 12.6 Å². The van der Waals surface area contributed by atoms with Gasteiger partial charge in [0.05, 0.1) is 60.6 Å². The van der Waals surface area contributed by atoms with Crippen molar-refractivity contribution in [3.05, 3.63) is 23.8 Å². The molecule has 2 bridgehead atoms. The van der Waals surface area contributed by atoms with Crippen molar-refractivity contribution in [1.82, 2.24) is 83.9 Å². The van der Waals surface area contributed by atoms with Crippen molar-refractivity contribution in [3.63, 3.8) is 0 Å². The normalized spacial score (nSPS) is 22.2. The van der Waals surface area contributed by atoms with Gasteiger partial charge in [0.15, 0.2) is 0 Å². The number of amides is 18. The number of imide groups is 1. The Hall–Kier alpha value is -10.7. The number of unbranched alkanes of at least 4 members (excludes halogenated alkanes) is 1. The molecule has 44 heteroatoms. The molecular formula is C72H106N18O24S2. The number of nitrogens with two attached hydrogens (primary N) is 1. The molecule has 4 aliphatic rings. The van der Waals surface area contributed by atoms with Gasteiger partial charge in [0.2, 0.25) is 106 Å². The molecule has 0 spiro atoms. The number of likely N-dealkylation sites (tertiary alicyclic amines) is 1. The Morgan fingerprint density at radius 2 is 1.27 bits per heavy atom. The van der Waals surface area contributed by atoms with Gasteiger partial charge in [0.25, 0.3) is 0 Å². The first-order valence-electron chi connectivity index (χ1n) is 38.3. The second-order valence-electron chi connectivity index (χ2n) is 28.5. The van der Waals surface area contributed by atoms with Crippen molar-refractivity contribution in [2.45, 2.75) is 196 Å². The van der Waals surface area contributed by atoms with Gasteiger partial charge < -0.3 is 110 Å². The molecule has 4 unspecified atom stereocenters. The van der Waals surface area contributed by atoms with Crippen LogP contribution in [0.3, 0.4) is 0 Å². The molecule has 4 aliphatic heterocycles. The summed E-state index contributed by atoms with van der Waals surface area (Å²) in [6.07, 6.45) is -2.53. The van der Waals surface area contributed by atoms with Gasteiger partial charge in [-0.2, -0.15) is 12.6 Å². The molecule has 19 N–H and O–H groups in total. The van der Waals surface area contributed by atoms with Crippen molar-refractivity contribution in [1.29, 1.82) is 0 Å². The minimum Gasteiger partial charge on any atom is -0.480 e. The molecule has 0 aliphatic carbocycles. The number of carbonyl (C=O) groups is 19. The van der Waals surface area contributed by atoms with Crippen molar-refractivity contribution >= 4 is 152 Å². The van der Waals surface area contributed by atoms with Gasteiger partial charge in [0.1, 0.15) is 66.6 Å². The molecule has 2 aromatic rings. The molecule has 5 heterocycles. The van der Waals surface area contributed by atoms with Crippen LogP contribution in [-0.4, -0.2) is 286 Å². The molecular weight excluding hydrogens is 1570 g/mol. The number of primary amides is 1. The summed E-state index contributed by atoms with van der Waals surface area (Å²) < 4.78 is 25.8. The van der Waals surface area contributed by atoms with E-state index >= 15 is 4.21 Å². The SMILES string of the molecule is CCC(C)[C@@H]1NC(=O)CNC(=O)[C@@H]2Cc3c([nH]c4cc(NC(=O)CCCNC(=O)[C@H](CCCCNC(=O)COCCNC(=O)COCCNC(=O)CC[C@H](NC(C)=O)C(=O)O)NC(=O)CCCN5C(=O)CC(S)C5=O)ccc34)S(=O)C[C@H](NC(=O)CNC1=O)C(=O)N[C@@H](CC(N)=O)C(=O)N1C[C@H](O)C[C@H]1C(=O)N[C@@H](C(C)CC)C(=O)N2. The molecule has 42 nitrogen and oxygen atoms in total. The number of anilines is 1. The van der Waals surface area contributed by atoms with E-state index in [1.807, 2.05) is 0 Å². The first kappa shape index (κ1) is 94.1. The number of hydrogen-bond donors (Lipinski definition) is 19. The topological polar surface area (TPSA) is 617 Å². The molecule has 13 atom stereocenters. The number of carbonyl (C=O) groups excluding carboxylic acids is 18. The largest absolute Gasteiger partial charge is 0.480 e. The second-order valence-corrected chi connectivity index (χ2v) is 30.6. The number of rotatable bonds is 37. The van der Waals surface area contributed by atoms with Crippen LogP contribution in [0.1, 0.15) is 130 Å². The average molecular weight is 1670 g/mol. The molecule has 6 rings (SSSR count).